The summed E-state index contributed by atoms with van der Waals surface area (Å²) in [6, 6.07) is 7.96. The maximum atomic E-state index is 12.4. The van der Waals surface area contributed by atoms with E-state index in [4.69, 9.17) is 4.74 Å². The smallest absolute Gasteiger partial charge is 0.410 e. The lowest BCUT2D eigenvalue weighted by atomic mass is 10.1. The number of rotatable bonds is 2. The van der Waals surface area contributed by atoms with Gasteiger partial charge in [0.25, 0.3) is 0 Å². The Balaban J connectivity index is 1.86. The van der Waals surface area contributed by atoms with E-state index in [2.05, 4.69) is 9.55 Å². The topological polar surface area (TPSA) is 67.6 Å². The van der Waals surface area contributed by atoms with Crippen molar-refractivity contribution in [2.75, 3.05) is 13.1 Å². The number of para-hydroxylation sites is 2. The summed E-state index contributed by atoms with van der Waals surface area (Å²) >= 11 is 0. The SMILES string of the molecule is CC(C)(C)OC(=O)N1CCCC(n2c(CO)nc3ccccc32)C1. The molecule has 0 saturated carbocycles. The Kier molecular flexibility index (Phi) is 4.49. The molecule has 1 saturated heterocycles. The van der Waals surface area contributed by atoms with E-state index >= 15 is 0 Å². The number of benzene rings is 1. The van der Waals surface area contributed by atoms with Gasteiger partial charge in [-0.3, -0.25) is 0 Å². The van der Waals surface area contributed by atoms with Crippen LogP contribution in [0.1, 0.15) is 45.5 Å². The zero-order valence-electron chi connectivity index (χ0n) is 14.5. The third-order valence-electron chi connectivity index (χ3n) is 4.22. The molecule has 0 spiro atoms. The second kappa shape index (κ2) is 6.43. The van der Waals surface area contributed by atoms with Crippen LogP contribution in [0.15, 0.2) is 24.3 Å². The Bertz CT molecular complexity index is 733. The summed E-state index contributed by atoms with van der Waals surface area (Å²) in [7, 11) is 0. The average Bonchev–Trinajstić information content (AvgIpc) is 2.92. The quantitative estimate of drug-likeness (QED) is 0.918. The standard InChI is InChI=1S/C18H25N3O3/c1-18(2,3)24-17(23)20-10-6-7-13(11-20)21-15-9-5-4-8-14(15)19-16(21)12-22/h4-5,8-9,13,22H,6-7,10-12H2,1-3H3. The predicted octanol–water partition coefficient (Wildman–Crippen LogP) is 3.10. The van der Waals surface area contributed by atoms with Crippen molar-refractivity contribution < 1.29 is 14.6 Å². The zero-order valence-corrected chi connectivity index (χ0v) is 14.5. The lowest BCUT2D eigenvalue weighted by molar-refractivity contribution is 0.0172. The molecule has 1 aliphatic rings. The van der Waals surface area contributed by atoms with Crippen LogP contribution in [0.2, 0.25) is 0 Å². The Morgan fingerprint density at radius 2 is 2.12 bits per heavy atom. The van der Waals surface area contributed by atoms with Gasteiger partial charge < -0.3 is 19.3 Å². The molecule has 0 aliphatic carbocycles. The van der Waals surface area contributed by atoms with Crippen molar-refractivity contribution in [1.82, 2.24) is 14.5 Å². The van der Waals surface area contributed by atoms with Gasteiger partial charge in [-0.25, -0.2) is 9.78 Å². The molecule has 1 unspecified atom stereocenters. The highest BCUT2D eigenvalue weighted by Crippen LogP contribution is 2.28. The molecular formula is C18H25N3O3. The van der Waals surface area contributed by atoms with Crippen LogP contribution in [0.5, 0.6) is 0 Å². The van der Waals surface area contributed by atoms with E-state index < -0.39 is 5.60 Å². The summed E-state index contributed by atoms with van der Waals surface area (Å²) in [5.41, 5.74) is 1.37. The molecule has 24 heavy (non-hydrogen) atoms. The van der Waals surface area contributed by atoms with Gasteiger partial charge in [-0.05, 0) is 45.7 Å². The number of fused-ring (bicyclic) bond motifs is 1. The number of nitrogens with zero attached hydrogens (tertiary/aromatic N) is 3. The number of carbonyl (C=O) groups is 1. The third-order valence-corrected chi connectivity index (χ3v) is 4.22. The van der Waals surface area contributed by atoms with Crippen LogP contribution in [0.25, 0.3) is 11.0 Å². The van der Waals surface area contributed by atoms with Crippen molar-refractivity contribution in [2.45, 2.75) is 51.9 Å². The Morgan fingerprint density at radius 3 is 2.83 bits per heavy atom. The molecule has 1 aromatic heterocycles. The van der Waals surface area contributed by atoms with Gasteiger partial charge in [-0.15, -0.1) is 0 Å². The summed E-state index contributed by atoms with van der Waals surface area (Å²) in [4.78, 5) is 18.6. The molecule has 130 valence electrons. The number of amides is 1. The number of likely N-dealkylation sites (tertiary alicyclic amines) is 1. The molecule has 1 fully saturated rings. The number of carbonyl (C=O) groups excluding carboxylic acids is 1. The minimum Gasteiger partial charge on any atom is -0.444 e. The van der Waals surface area contributed by atoms with E-state index in [0.29, 0.717) is 18.9 Å². The van der Waals surface area contributed by atoms with E-state index in [1.54, 1.807) is 4.90 Å². The lowest BCUT2D eigenvalue weighted by Gasteiger charge is -2.35. The van der Waals surface area contributed by atoms with Crippen molar-refractivity contribution >= 4 is 17.1 Å². The highest BCUT2D eigenvalue weighted by molar-refractivity contribution is 5.76. The number of imidazole rings is 1. The number of aliphatic hydroxyl groups is 1. The van der Waals surface area contributed by atoms with Crippen LogP contribution in [0.4, 0.5) is 4.79 Å². The Hall–Kier alpha value is -2.08. The van der Waals surface area contributed by atoms with Crippen molar-refractivity contribution in [3.8, 4) is 0 Å². The molecule has 6 nitrogen and oxygen atoms in total. The fraction of sp³-hybridized carbons (Fsp3) is 0.556. The van der Waals surface area contributed by atoms with Gasteiger partial charge >= 0.3 is 6.09 Å². The summed E-state index contributed by atoms with van der Waals surface area (Å²) < 4.78 is 7.57. The van der Waals surface area contributed by atoms with E-state index in [-0.39, 0.29) is 18.7 Å². The van der Waals surface area contributed by atoms with Gasteiger partial charge in [0.15, 0.2) is 0 Å². The van der Waals surface area contributed by atoms with E-state index in [0.717, 1.165) is 23.9 Å². The van der Waals surface area contributed by atoms with E-state index in [1.165, 1.54) is 0 Å². The number of piperidine rings is 1. The van der Waals surface area contributed by atoms with Crippen molar-refractivity contribution in [1.29, 1.82) is 0 Å². The molecule has 1 amide bonds. The Morgan fingerprint density at radius 1 is 1.38 bits per heavy atom. The largest absolute Gasteiger partial charge is 0.444 e. The average molecular weight is 331 g/mol. The van der Waals surface area contributed by atoms with Crippen LogP contribution in [-0.2, 0) is 11.3 Å². The van der Waals surface area contributed by atoms with Crippen molar-refractivity contribution in [3.05, 3.63) is 30.1 Å². The van der Waals surface area contributed by atoms with Crippen LogP contribution in [0, 0.1) is 0 Å². The minimum absolute atomic E-state index is 0.0980. The number of aliphatic hydroxyl groups excluding tert-OH is 1. The molecule has 1 N–H and O–H groups in total. The number of aromatic nitrogens is 2. The summed E-state index contributed by atoms with van der Waals surface area (Å²) in [6.07, 6.45) is 1.58. The molecule has 0 radical (unpaired) electrons. The molecule has 2 aromatic rings. The van der Waals surface area contributed by atoms with Crippen molar-refractivity contribution in [3.63, 3.8) is 0 Å². The van der Waals surface area contributed by atoms with Gasteiger partial charge in [-0.1, -0.05) is 12.1 Å². The summed E-state index contributed by atoms with van der Waals surface area (Å²) in [5.74, 6) is 0.646. The van der Waals surface area contributed by atoms with Crippen LogP contribution >= 0.6 is 0 Å². The molecule has 1 aliphatic heterocycles. The summed E-state index contributed by atoms with van der Waals surface area (Å²) in [5, 5.41) is 9.69. The second-order valence-corrected chi connectivity index (χ2v) is 7.27. The van der Waals surface area contributed by atoms with Gasteiger partial charge in [0, 0.05) is 13.1 Å². The number of hydrogen-bond acceptors (Lipinski definition) is 4. The first kappa shape index (κ1) is 16.8. The molecule has 1 atom stereocenters. The fourth-order valence-electron chi connectivity index (χ4n) is 3.27. The normalized spacial score (nSPS) is 18.8. The third kappa shape index (κ3) is 3.38. The van der Waals surface area contributed by atoms with Gasteiger partial charge in [0.2, 0.25) is 0 Å². The first-order valence-electron chi connectivity index (χ1n) is 8.43. The maximum absolute atomic E-state index is 12.4. The maximum Gasteiger partial charge on any atom is 0.410 e. The minimum atomic E-state index is -0.498. The molecule has 2 heterocycles. The molecule has 0 bridgehead atoms. The zero-order chi connectivity index (χ0) is 17.3. The Labute approximate surface area is 142 Å². The first-order valence-corrected chi connectivity index (χ1v) is 8.43. The monoisotopic (exact) mass is 331 g/mol. The fourth-order valence-corrected chi connectivity index (χ4v) is 3.27. The van der Waals surface area contributed by atoms with Crippen LogP contribution in [-0.4, -0.2) is 44.3 Å². The summed E-state index contributed by atoms with van der Waals surface area (Å²) in [6.45, 7) is 6.78. The molecule has 6 heteroatoms. The predicted molar refractivity (Wildman–Crippen MR) is 91.7 cm³/mol. The van der Waals surface area contributed by atoms with Crippen LogP contribution < -0.4 is 0 Å². The molecule has 1 aromatic carbocycles. The molecular weight excluding hydrogens is 306 g/mol. The first-order chi connectivity index (χ1) is 11.4. The van der Waals surface area contributed by atoms with Gasteiger partial charge in [0.1, 0.15) is 18.0 Å². The highest BCUT2D eigenvalue weighted by Gasteiger charge is 2.30. The highest BCUT2D eigenvalue weighted by atomic mass is 16.6. The number of ether oxygens (including phenoxy) is 1. The second-order valence-electron chi connectivity index (χ2n) is 7.27. The van der Waals surface area contributed by atoms with Gasteiger partial charge in [0.05, 0.1) is 17.1 Å². The lowest BCUT2D eigenvalue weighted by Crippen LogP contribution is -2.43. The van der Waals surface area contributed by atoms with E-state index in [9.17, 15) is 9.90 Å². The van der Waals surface area contributed by atoms with E-state index in [1.807, 2.05) is 45.0 Å². The molecule has 3 rings (SSSR count). The van der Waals surface area contributed by atoms with Crippen LogP contribution in [0.3, 0.4) is 0 Å². The van der Waals surface area contributed by atoms with Gasteiger partial charge in [-0.2, -0.15) is 0 Å². The number of hydrogen-bond donors (Lipinski definition) is 1. The van der Waals surface area contributed by atoms with Crippen molar-refractivity contribution in [2.24, 2.45) is 0 Å².